The van der Waals surface area contributed by atoms with Crippen LogP contribution in [-0.2, 0) is 15.2 Å². The lowest BCUT2D eigenvalue weighted by molar-refractivity contribution is -0.269. The Bertz CT molecular complexity index is 1210. The van der Waals surface area contributed by atoms with E-state index in [4.69, 9.17) is 28.0 Å². The van der Waals surface area contributed by atoms with E-state index >= 15 is 0 Å². The van der Waals surface area contributed by atoms with Gasteiger partial charge in [0.15, 0.2) is 5.82 Å². The second-order valence-corrected chi connectivity index (χ2v) is 9.31. The summed E-state index contributed by atoms with van der Waals surface area (Å²) in [7, 11) is 0. The number of hydroxylamine groups is 1. The average molecular weight is 580 g/mol. The number of benzene rings is 1. The molecule has 1 unspecified atom stereocenters. The molecule has 196 valence electrons. The van der Waals surface area contributed by atoms with E-state index < -0.39 is 64.3 Å². The number of alkyl halides is 6. The summed E-state index contributed by atoms with van der Waals surface area (Å²) in [4.78, 5) is 28.9. The summed E-state index contributed by atoms with van der Waals surface area (Å²) in [5.41, 5.74) is -1.42. The fraction of sp³-hybridized carbons (Fsp3) is 0.300. The molecule has 1 aliphatic rings. The van der Waals surface area contributed by atoms with E-state index in [1.54, 1.807) is 5.32 Å². The third-order valence-electron chi connectivity index (χ3n) is 4.79. The summed E-state index contributed by atoms with van der Waals surface area (Å²) < 4.78 is 92.6. The van der Waals surface area contributed by atoms with E-state index in [1.807, 2.05) is 0 Å². The van der Waals surface area contributed by atoms with Gasteiger partial charge in [0.2, 0.25) is 11.5 Å². The quantitative estimate of drug-likeness (QED) is 0.323. The van der Waals surface area contributed by atoms with Gasteiger partial charge in [-0.15, -0.1) is 11.3 Å². The molecule has 0 fully saturated rings. The standard InChI is InChI=1S/C20H14Cl2F7N3O3S/c1-8-2-13(36-16(8)17(34)30-6-14(33)31-7-19(24,25)26)12-5-18(35-32-12,20(27,28)29)9-3-10(21)15(23)11(22)4-9/h2-5,32H,6-7H2,1H3,(H,30,34)(H,31,33). The van der Waals surface area contributed by atoms with Gasteiger partial charge < -0.3 is 10.6 Å². The van der Waals surface area contributed by atoms with Crippen LogP contribution in [-0.4, -0.2) is 37.3 Å². The van der Waals surface area contributed by atoms with Crippen molar-refractivity contribution in [2.75, 3.05) is 13.1 Å². The Morgan fingerprint density at radius 1 is 1.08 bits per heavy atom. The van der Waals surface area contributed by atoms with Crippen molar-refractivity contribution in [3.63, 3.8) is 0 Å². The van der Waals surface area contributed by atoms with Crippen LogP contribution >= 0.6 is 34.5 Å². The Morgan fingerprint density at radius 2 is 1.69 bits per heavy atom. The van der Waals surface area contributed by atoms with Crippen LogP contribution in [0.2, 0.25) is 10.0 Å². The molecule has 2 aromatic rings. The highest BCUT2D eigenvalue weighted by Gasteiger charge is 2.60. The summed E-state index contributed by atoms with van der Waals surface area (Å²) >= 11 is 12.1. The van der Waals surface area contributed by atoms with Gasteiger partial charge in [0.25, 0.3) is 5.91 Å². The molecule has 1 aromatic carbocycles. The number of nitrogens with one attached hydrogen (secondary N) is 3. The zero-order valence-corrected chi connectivity index (χ0v) is 20.1. The van der Waals surface area contributed by atoms with E-state index in [2.05, 4.69) is 10.8 Å². The lowest BCUT2D eigenvalue weighted by Gasteiger charge is -2.28. The summed E-state index contributed by atoms with van der Waals surface area (Å²) in [6, 6.07) is 2.81. The van der Waals surface area contributed by atoms with Crippen LogP contribution in [0.5, 0.6) is 0 Å². The Balaban J connectivity index is 1.85. The Hall–Kier alpha value is -2.55. The Labute approximate surface area is 212 Å². The van der Waals surface area contributed by atoms with Crippen molar-refractivity contribution < 1.29 is 45.2 Å². The fourth-order valence-electron chi connectivity index (χ4n) is 3.08. The molecule has 1 atom stereocenters. The number of carbonyl (C=O) groups excluding carboxylic acids is 2. The predicted molar refractivity (Wildman–Crippen MR) is 117 cm³/mol. The largest absolute Gasteiger partial charge is 0.428 e. The molecule has 0 saturated heterocycles. The van der Waals surface area contributed by atoms with E-state index in [0.29, 0.717) is 11.6 Å². The zero-order chi connectivity index (χ0) is 27.1. The molecule has 0 bridgehead atoms. The molecular formula is C20H14Cl2F7N3O3S. The smallest absolute Gasteiger partial charge is 0.345 e. The van der Waals surface area contributed by atoms with Gasteiger partial charge in [-0.2, -0.15) is 26.3 Å². The van der Waals surface area contributed by atoms with Gasteiger partial charge in [0.1, 0.15) is 6.54 Å². The second kappa shape index (κ2) is 10.1. The number of thiophene rings is 1. The van der Waals surface area contributed by atoms with Crippen LogP contribution in [0.3, 0.4) is 0 Å². The van der Waals surface area contributed by atoms with Crippen LogP contribution in [0, 0.1) is 12.7 Å². The van der Waals surface area contributed by atoms with E-state index in [0.717, 1.165) is 23.5 Å². The zero-order valence-electron chi connectivity index (χ0n) is 17.8. The monoisotopic (exact) mass is 579 g/mol. The summed E-state index contributed by atoms with van der Waals surface area (Å²) in [5.74, 6) is -3.02. The van der Waals surface area contributed by atoms with Crippen LogP contribution in [0.4, 0.5) is 30.7 Å². The minimum Gasteiger partial charge on any atom is -0.345 e. The van der Waals surface area contributed by atoms with Gasteiger partial charge in [0, 0.05) is 5.56 Å². The molecule has 1 aromatic heterocycles. The first-order valence-corrected chi connectivity index (χ1v) is 11.2. The number of rotatable bonds is 6. The average Bonchev–Trinajstić information content (AvgIpc) is 3.38. The first-order valence-electron chi connectivity index (χ1n) is 9.65. The highest BCUT2D eigenvalue weighted by atomic mass is 35.5. The number of halogens is 9. The topological polar surface area (TPSA) is 79.5 Å². The molecule has 2 amide bonds. The van der Waals surface area contributed by atoms with Crippen LogP contribution in [0.25, 0.3) is 5.70 Å². The van der Waals surface area contributed by atoms with Crippen molar-refractivity contribution in [3.8, 4) is 0 Å². The van der Waals surface area contributed by atoms with E-state index in [1.165, 1.54) is 13.0 Å². The third kappa shape index (κ3) is 5.88. The van der Waals surface area contributed by atoms with E-state index in [9.17, 15) is 40.3 Å². The van der Waals surface area contributed by atoms with Crippen molar-refractivity contribution >= 4 is 52.1 Å². The molecule has 0 saturated carbocycles. The van der Waals surface area contributed by atoms with Crippen molar-refractivity contribution in [2.24, 2.45) is 0 Å². The van der Waals surface area contributed by atoms with Crippen LogP contribution < -0.4 is 16.1 Å². The van der Waals surface area contributed by atoms with Crippen molar-refractivity contribution in [1.82, 2.24) is 16.1 Å². The second-order valence-electron chi connectivity index (χ2n) is 7.45. The highest BCUT2D eigenvalue weighted by molar-refractivity contribution is 7.15. The summed E-state index contributed by atoms with van der Waals surface area (Å²) in [6.07, 6.45) is -9.01. The van der Waals surface area contributed by atoms with Gasteiger partial charge in [-0.25, -0.2) is 4.39 Å². The fourth-order valence-corrected chi connectivity index (χ4v) is 4.62. The predicted octanol–water partition coefficient (Wildman–Crippen LogP) is 5.24. The number of carbonyl (C=O) groups is 2. The highest BCUT2D eigenvalue weighted by Crippen LogP contribution is 2.49. The summed E-state index contributed by atoms with van der Waals surface area (Å²) in [5, 5.41) is 2.41. The minimum atomic E-state index is -5.05. The number of amides is 2. The maximum atomic E-state index is 14.1. The molecule has 2 heterocycles. The number of hydrogen-bond donors (Lipinski definition) is 3. The molecule has 3 N–H and O–H groups in total. The first-order chi connectivity index (χ1) is 16.5. The molecular weight excluding hydrogens is 566 g/mol. The molecule has 1 aliphatic heterocycles. The van der Waals surface area contributed by atoms with Crippen LogP contribution in [0.1, 0.15) is 25.7 Å². The SMILES string of the molecule is Cc1cc(C2=CC(c3cc(Cl)c(F)c(Cl)c3)(C(F)(F)F)ON2)sc1C(=O)NCC(=O)NCC(F)(F)F. The van der Waals surface area contributed by atoms with E-state index in [-0.39, 0.29) is 15.5 Å². The molecule has 36 heavy (non-hydrogen) atoms. The lowest BCUT2D eigenvalue weighted by Crippen LogP contribution is -2.42. The molecule has 0 spiro atoms. The van der Waals surface area contributed by atoms with Gasteiger partial charge in [-0.3, -0.25) is 19.9 Å². The van der Waals surface area contributed by atoms with Crippen molar-refractivity contribution in [2.45, 2.75) is 24.9 Å². The van der Waals surface area contributed by atoms with Crippen LogP contribution in [0.15, 0.2) is 24.3 Å². The lowest BCUT2D eigenvalue weighted by atomic mass is 9.92. The molecule has 3 rings (SSSR count). The van der Waals surface area contributed by atoms with Gasteiger partial charge >= 0.3 is 12.4 Å². The molecule has 0 radical (unpaired) electrons. The molecule has 0 aliphatic carbocycles. The first kappa shape index (κ1) is 28.0. The molecule has 6 nitrogen and oxygen atoms in total. The maximum Gasteiger partial charge on any atom is 0.428 e. The molecule has 16 heteroatoms. The van der Waals surface area contributed by atoms with Gasteiger partial charge in [-0.1, -0.05) is 23.2 Å². The van der Waals surface area contributed by atoms with Crippen molar-refractivity contribution in [3.05, 3.63) is 61.0 Å². The Morgan fingerprint density at radius 3 is 2.25 bits per heavy atom. The van der Waals surface area contributed by atoms with Gasteiger partial charge in [0.05, 0.1) is 32.0 Å². The minimum absolute atomic E-state index is 0.00583. The maximum absolute atomic E-state index is 14.1. The Kier molecular flexibility index (Phi) is 7.84. The van der Waals surface area contributed by atoms with Gasteiger partial charge in [-0.05, 0) is 36.8 Å². The number of hydrogen-bond acceptors (Lipinski definition) is 5. The third-order valence-corrected chi connectivity index (χ3v) is 6.61. The van der Waals surface area contributed by atoms with Crippen molar-refractivity contribution in [1.29, 1.82) is 0 Å². The normalized spacial score (nSPS) is 18.0. The summed E-state index contributed by atoms with van der Waals surface area (Å²) in [6.45, 7) is -0.865. The number of aryl methyl sites for hydroxylation is 1.